The summed E-state index contributed by atoms with van der Waals surface area (Å²) in [5.74, 6) is 1.49. The number of aryl methyl sites for hydroxylation is 2. The van der Waals surface area contributed by atoms with E-state index in [1.807, 2.05) is 11.3 Å². The van der Waals surface area contributed by atoms with Gasteiger partial charge in [-0.3, -0.25) is 4.90 Å². The van der Waals surface area contributed by atoms with E-state index in [-0.39, 0.29) is 6.04 Å². The smallest absolute Gasteiger partial charge is 0.268 e. The maximum atomic E-state index is 5.51. The Bertz CT molecular complexity index is 608. The van der Waals surface area contributed by atoms with Crippen molar-refractivity contribution in [1.82, 2.24) is 20.4 Å². The van der Waals surface area contributed by atoms with Crippen LogP contribution in [0.4, 0.5) is 0 Å². The average molecular weight is 304 g/mol. The molecule has 0 amide bonds. The molecule has 0 bridgehead atoms. The Morgan fingerprint density at radius 3 is 3.00 bits per heavy atom. The number of aromatic nitrogens is 2. The Kier molecular flexibility index (Phi) is 3.52. The van der Waals surface area contributed by atoms with Gasteiger partial charge in [-0.25, -0.2) is 0 Å². The zero-order valence-corrected chi connectivity index (χ0v) is 13.1. The van der Waals surface area contributed by atoms with Crippen molar-refractivity contribution in [2.45, 2.75) is 32.2 Å². The molecule has 21 heavy (non-hydrogen) atoms. The van der Waals surface area contributed by atoms with Crippen LogP contribution < -0.4 is 5.32 Å². The molecule has 1 aliphatic carbocycles. The fourth-order valence-corrected chi connectivity index (χ4v) is 4.35. The van der Waals surface area contributed by atoms with Crippen LogP contribution in [0.2, 0.25) is 0 Å². The highest BCUT2D eigenvalue weighted by molar-refractivity contribution is 7.15. The fourth-order valence-electron chi connectivity index (χ4n) is 3.17. The second-order valence-electron chi connectivity index (χ2n) is 5.83. The summed E-state index contributed by atoms with van der Waals surface area (Å²) in [4.78, 5) is 9.67. The molecule has 2 aromatic rings. The Balaban J connectivity index is 1.54. The highest BCUT2D eigenvalue weighted by Gasteiger charge is 2.24. The normalized spacial score (nSPS) is 20.6. The highest BCUT2D eigenvalue weighted by Crippen LogP contribution is 2.36. The first-order chi connectivity index (χ1) is 10.3. The standard InChI is InChI=1S/C15H20N4OS/c1-10(19-7-5-16-6-8-19)14-17-15(20-18-14)13-9-11-3-2-4-12(11)21-13/h9-10,16H,2-8H2,1H3. The molecule has 112 valence electrons. The largest absolute Gasteiger partial charge is 0.333 e. The summed E-state index contributed by atoms with van der Waals surface area (Å²) in [6, 6.07) is 2.45. The number of nitrogens with one attached hydrogen (secondary N) is 1. The van der Waals surface area contributed by atoms with E-state index in [9.17, 15) is 0 Å². The van der Waals surface area contributed by atoms with E-state index in [4.69, 9.17) is 4.52 Å². The van der Waals surface area contributed by atoms with Gasteiger partial charge in [0.25, 0.3) is 5.89 Å². The zero-order valence-electron chi connectivity index (χ0n) is 12.3. The molecular formula is C15H20N4OS. The second-order valence-corrected chi connectivity index (χ2v) is 6.97. The molecule has 1 atom stereocenters. The number of nitrogens with zero attached hydrogens (tertiary/aromatic N) is 3. The van der Waals surface area contributed by atoms with Crippen molar-refractivity contribution >= 4 is 11.3 Å². The Hall–Kier alpha value is -1.24. The summed E-state index contributed by atoms with van der Waals surface area (Å²) in [6.45, 7) is 6.31. The molecule has 1 aliphatic heterocycles. The molecule has 0 saturated carbocycles. The molecule has 1 fully saturated rings. The van der Waals surface area contributed by atoms with Crippen molar-refractivity contribution in [3.63, 3.8) is 0 Å². The summed E-state index contributed by atoms with van der Waals surface area (Å²) in [7, 11) is 0. The van der Waals surface area contributed by atoms with Crippen LogP contribution >= 0.6 is 11.3 Å². The molecule has 2 aliphatic rings. The minimum atomic E-state index is 0.219. The summed E-state index contributed by atoms with van der Waals surface area (Å²) in [5, 5.41) is 7.58. The number of thiophene rings is 1. The number of rotatable bonds is 3. The molecule has 1 saturated heterocycles. The van der Waals surface area contributed by atoms with E-state index < -0.39 is 0 Å². The van der Waals surface area contributed by atoms with Crippen LogP contribution in [-0.2, 0) is 12.8 Å². The Morgan fingerprint density at radius 2 is 2.19 bits per heavy atom. The van der Waals surface area contributed by atoms with Crippen molar-refractivity contribution in [1.29, 1.82) is 0 Å². The molecule has 4 rings (SSSR count). The first-order valence-electron chi connectivity index (χ1n) is 7.71. The van der Waals surface area contributed by atoms with Gasteiger partial charge in [-0.15, -0.1) is 11.3 Å². The zero-order chi connectivity index (χ0) is 14.2. The SMILES string of the molecule is CC(c1noc(-c2cc3c(s2)CCC3)n1)N1CCNCC1. The number of piperazine rings is 1. The van der Waals surface area contributed by atoms with E-state index in [0.29, 0.717) is 5.89 Å². The predicted octanol–water partition coefficient (Wildman–Crippen LogP) is 2.25. The first kappa shape index (κ1) is 13.4. The maximum absolute atomic E-state index is 5.51. The van der Waals surface area contributed by atoms with E-state index >= 15 is 0 Å². The highest BCUT2D eigenvalue weighted by atomic mass is 32.1. The Morgan fingerprint density at radius 1 is 1.33 bits per heavy atom. The first-order valence-corrected chi connectivity index (χ1v) is 8.53. The predicted molar refractivity (Wildman–Crippen MR) is 82.5 cm³/mol. The summed E-state index contributed by atoms with van der Waals surface area (Å²) < 4.78 is 5.51. The molecular weight excluding hydrogens is 284 g/mol. The van der Waals surface area contributed by atoms with Crippen molar-refractivity contribution in [2.24, 2.45) is 0 Å². The van der Waals surface area contributed by atoms with Gasteiger partial charge in [-0.2, -0.15) is 4.98 Å². The van der Waals surface area contributed by atoms with E-state index in [2.05, 4.69) is 33.3 Å². The summed E-state index contributed by atoms with van der Waals surface area (Å²) in [6.07, 6.45) is 3.69. The second kappa shape index (κ2) is 5.51. The molecule has 1 unspecified atom stereocenters. The number of hydrogen-bond donors (Lipinski definition) is 1. The van der Waals surface area contributed by atoms with Crippen LogP contribution in [0.1, 0.15) is 35.7 Å². The third-order valence-electron chi connectivity index (χ3n) is 4.47. The molecule has 3 heterocycles. The van der Waals surface area contributed by atoms with Crippen LogP contribution in [0.3, 0.4) is 0 Å². The average Bonchev–Trinajstić information content (AvgIpc) is 3.22. The fraction of sp³-hybridized carbons (Fsp3) is 0.600. The van der Waals surface area contributed by atoms with E-state index in [0.717, 1.165) is 36.9 Å². The van der Waals surface area contributed by atoms with Crippen molar-refractivity contribution in [3.05, 3.63) is 22.3 Å². The maximum Gasteiger partial charge on any atom is 0.268 e. The van der Waals surface area contributed by atoms with Crippen molar-refractivity contribution in [2.75, 3.05) is 26.2 Å². The van der Waals surface area contributed by atoms with Gasteiger partial charge in [-0.1, -0.05) is 5.16 Å². The molecule has 0 spiro atoms. The minimum absolute atomic E-state index is 0.219. The van der Waals surface area contributed by atoms with Crippen LogP contribution in [0.25, 0.3) is 10.8 Å². The monoisotopic (exact) mass is 304 g/mol. The van der Waals surface area contributed by atoms with Gasteiger partial charge in [0.1, 0.15) is 0 Å². The third kappa shape index (κ3) is 2.52. The topological polar surface area (TPSA) is 54.2 Å². The van der Waals surface area contributed by atoms with E-state index in [1.165, 1.54) is 29.7 Å². The van der Waals surface area contributed by atoms with Crippen molar-refractivity contribution in [3.8, 4) is 10.8 Å². The van der Waals surface area contributed by atoms with Gasteiger partial charge >= 0.3 is 0 Å². The van der Waals surface area contributed by atoms with Crippen LogP contribution in [0, 0.1) is 0 Å². The lowest BCUT2D eigenvalue weighted by Crippen LogP contribution is -2.44. The molecule has 5 nitrogen and oxygen atoms in total. The Labute approximate surface area is 128 Å². The van der Waals surface area contributed by atoms with Gasteiger partial charge in [-0.05, 0) is 37.8 Å². The third-order valence-corrected chi connectivity index (χ3v) is 5.70. The lowest BCUT2D eigenvalue weighted by atomic mass is 10.2. The van der Waals surface area contributed by atoms with Crippen LogP contribution in [-0.4, -0.2) is 41.2 Å². The van der Waals surface area contributed by atoms with E-state index in [1.54, 1.807) is 0 Å². The number of fused-ring (bicyclic) bond motifs is 1. The lowest BCUT2D eigenvalue weighted by Gasteiger charge is -2.30. The van der Waals surface area contributed by atoms with Gasteiger partial charge in [0, 0.05) is 31.1 Å². The molecule has 1 N–H and O–H groups in total. The molecule has 0 radical (unpaired) electrons. The van der Waals surface area contributed by atoms with Gasteiger partial charge in [0.05, 0.1) is 10.9 Å². The minimum Gasteiger partial charge on any atom is -0.333 e. The molecule has 6 heteroatoms. The van der Waals surface area contributed by atoms with Crippen LogP contribution in [0.15, 0.2) is 10.6 Å². The summed E-state index contributed by atoms with van der Waals surface area (Å²) >= 11 is 1.82. The molecule has 0 aromatic carbocycles. The van der Waals surface area contributed by atoms with Gasteiger partial charge in [0.15, 0.2) is 5.82 Å². The van der Waals surface area contributed by atoms with Crippen molar-refractivity contribution < 1.29 is 4.52 Å². The van der Waals surface area contributed by atoms with Gasteiger partial charge < -0.3 is 9.84 Å². The van der Waals surface area contributed by atoms with Crippen LogP contribution in [0.5, 0.6) is 0 Å². The van der Waals surface area contributed by atoms with Gasteiger partial charge in [0.2, 0.25) is 0 Å². The number of hydrogen-bond acceptors (Lipinski definition) is 6. The molecule has 2 aromatic heterocycles. The quantitative estimate of drug-likeness (QED) is 0.942. The lowest BCUT2D eigenvalue weighted by molar-refractivity contribution is 0.176. The summed E-state index contributed by atoms with van der Waals surface area (Å²) in [5.41, 5.74) is 1.48.